The molecule has 1 saturated heterocycles. The van der Waals surface area contributed by atoms with Crippen LogP contribution in [0.15, 0.2) is 0 Å². The summed E-state index contributed by atoms with van der Waals surface area (Å²) in [5, 5.41) is 8.43. The van der Waals surface area contributed by atoms with Crippen molar-refractivity contribution >= 4 is 0 Å². The lowest BCUT2D eigenvalue weighted by atomic mass is 10.00. The zero-order chi connectivity index (χ0) is 9.90. The summed E-state index contributed by atoms with van der Waals surface area (Å²) < 4.78 is 11.2. The van der Waals surface area contributed by atoms with Crippen molar-refractivity contribution < 1.29 is 9.47 Å². The zero-order valence-corrected chi connectivity index (χ0v) is 8.54. The molecule has 0 aliphatic carbocycles. The smallest absolute Gasteiger partial charge is 0.159 e. The predicted octanol–water partition coefficient (Wildman–Crippen LogP) is 2.22. The standard InChI is InChI=1S/C10H17NO2/c1-8-7-10(2,3)13-9(12-8)5-4-6-11/h8-9H,4-5,7H2,1-3H3. The van der Waals surface area contributed by atoms with Crippen LogP contribution in [0.1, 0.15) is 40.0 Å². The highest BCUT2D eigenvalue weighted by Crippen LogP contribution is 2.28. The van der Waals surface area contributed by atoms with Gasteiger partial charge in [-0.3, -0.25) is 0 Å². The minimum atomic E-state index is -0.196. The van der Waals surface area contributed by atoms with Gasteiger partial charge in [-0.2, -0.15) is 5.26 Å². The Bertz CT molecular complexity index is 207. The van der Waals surface area contributed by atoms with Gasteiger partial charge in [0, 0.05) is 19.3 Å². The van der Waals surface area contributed by atoms with Gasteiger partial charge in [0.1, 0.15) is 0 Å². The Kier molecular flexibility index (Phi) is 3.29. The Labute approximate surface area is 79.6 Å². The predicted molar refractivity (Wildman–Crippen MR) is 49.0 cm³/mol. The molecule has 1 rings (SSSR count). The van der Waals surface area contributed by atoms with Gasteiger partial charge in [0.2, 0.25) is 0 Å². The summed E-state index contributed by atoms with van der Waals surface area (Å²) in [6, 6.07) is 2.10. The molecule has 0 saturated carbocycles. The minimum Gasteiger partial charge on any atom is -0.350 e. The van der Waals surface area contributed by atoms with Gasteiger partial charge in [0.15, 0.2) is 6.29 Å². The molecule has 13 heavy (non-hydrogen) atoms. The molecule has 2 atom stereocenters. The number of rotatable bonds is 2. The first kappa shape index (κ1) is 10.5. The molecule has 1 aliphatic rings. The highest BCUT2D eigenvalue weighted by Gasteiger charge is 2.32. The quantitative estimate of drug-likeness (QED) is 0.659. The molecule has 3 heteroatoms. The van der Waals surface area contributed by atoms with Gasteiger partial charge in [-0.1, -0.05) is 0 Å². The molecule has 2 unspecified atom stereocenters. The lowest BCUT2D eigenvalue weighted by molar-refractivity contribution is -0.269. The van der Waals surface area contributed by atoms with Gasteiger partial charge >= 0.3 is 0 Å². The molecule has 0 N–H and O–H groups in total. The van der Waals surface area contributed by atoms with Crippen LogP contribution in [0.25, 0.3) is 0 Å². The van der Waals surface area contributed by atoms with E-state index in [1.807, 2.05) is 6.92 Å². The highest BCUT2D eigenvalue weighted by molar-refractivity contribution is 4.79. The fourth-order valence-electron chi connectivity index (χ4n) is 1.74. The van der Waals surface area contributed by atoms with Crippen molar-refractivity contribution in [3.05, 3.63) is 0 Å². The van der Waals surface area contributed by atoms with Crippen LogP contribution in [0.3, 0.4) is 0 Å². The van der Waals surface area contributed by atoms with Gasteiger partial charge in [-0.15, -0.1) is 0 Å². The summed E-state index contributed by atoms with van der Waals surface area (Å²) >= 11 is 0. The van der Waals surface area contributed by atoms with Crippen LogP contribution in [0.2, 0.25) is 0 Å². The summed E-state index contributed by atoms with van der Waals surface area (Å²) in [5.74, 6) is 0. The van der Waals surface area contributed by atoms with E-state index in [1.165, 1.54) is 0 Å². The summed E-state index contributed by atoms with van der Waals surface area (Å²) in [6.07, 6.45) is 2.11. The maximum atomic E-state index is 8.43. The highest BCUT2D eigenvalue weighted by atomic mass is 16.7. The maximum absolute atomic E-state index is 8.43. The van der Waals surface area contributed by atoms with Crippen LogP contribution >= 0.6 is 0 Å². The van der Waals surface area contributed by atoms with Crippen LogP contribution < -0.4 is 0 Å². The van der Waals surface area contributed by atoms with Gasteiger partial charge in [0.25, 0.3) is 0 Å². The molecule has 1 heterocycles. The first-order chi connectivity index (χ1) is 6.03. The Morgan fingerprint density at radius 3 is 2.77 bits per heavy atom. The Morgan fingerprint density at radius 2 is 2.23 bits per heavy atom. The minimum absolute atomic E-state index is 0.113. The van der Waals surface area contributed by atoms with Crippen LogP contribution in [0.5, 0.6) is 0 Å². The Balaban J connectivity index is 2.44. The molecule has 1 aliphatic heterocycles. The first-order valence-corrected chi connectivity index (χ1v) is 4.74. The monoisotopic (exact) mass is 183 g/mol. The molecule has 0 aromatic carbocycles. The van der Waals surface area contributed by atoms with E-state index in [-0.39, 0.29) is 18.0 Å². The Hall–Kier alpha value is -0.590. The second-order valence-corrected chi connectivity index (χ2v) is 4.15. The molecule has 0 aromatic rings. The lowest BCUT2D eigenvalue weighted by Crippen LogP contribution is -2.42. The van der Waals surface area contributed by atoms with Crippen LogP contribution in [-0.2, 0) is 9.47 Å². The van der Waals surface area contributed by atoms with E-state index in [1.54, 1.807) is 0 Å². The molecule has 0 bridgehead atoms. The molecule has 74 valence electrons. The molecule has 0 aromatic heterocycles. The number of hydrogen-bond acceptors (Lipinski definition) is 3. The summed E-state index contributed by atoms with van der Waals surface area (Å²) in [5.41, 5.74) is -0.113. The molecule has 0 radical (unpaired) electrons. The SMILES string of the molecule is CC1CC(C)(C)OC(CCC#N)O1. The molecule has 0 amide bonds. The number of ether oxygens (including phenoxy) is 2. The van der Waals surface area contributed by atoms with Gasteiger partial charge in [-0.05, 0) is 20.8 Å². The number of nitrogens with zero attached hydrogens (tertiary/aromatic N) is 1. The van der Waals surface area contributed by atoms with E-state index in [0.717, 1.165) is 6.42 Å². The van der Waals surface area contributed by atoms with Crippen molar-refractivity contribution in [2.45, 2.75) is 58.0 Å². The van der Waals surface area contributed by atoms with Crippen molar-refractivity contribution in [2.24, 2.45) is 0 Å². The molecule has 0 spiro atoms. The van der Waals surface area contributed by atoms with Crippen LogP contribution in [-0.4, -0.2) is 18.0 Å². The largest absolute Gasteiger partial charge is 0.350 e. The van der Waals surface area contributed by atoms with E-state index < -0.39 is 0 Å². The number of hydrogen-bond donors (Lipinski definition) is 0. The molecular weight excluding hydrogens is 166 g/mol. The maximum Gasteiger partial charge on any atom is 0.159 e. The molecule has 1 fully saturated rings. The Morgan fingerprint density at radius 1 is 1.54 bits per heavy atom. The van der Waals surface area contributed by atoms with Gasteiger partial charge in [0.05, 0.1) is 17.8 Å². The van der Waals surface area contributed by atoms with Crippen molar-refractivity contribution in [2.75, 3.05) is 0 Å². The van der Waals surface area contributed by atoms with E-state index in [4.69, 9.17) is 14.7 Å². The summed E-state index contributed by atoms with van der Waals surface area (Å²) in [7, 11) is 0. The van der Waals surface area contributed by atoms with Crippen molar-refractivity contribution in [3.8, 4) is 6.07 Å². The van der Waals surface area contributed by atoms with Crippen molar-refractivity contribution in [1.82, 2.24) is 0 Å². The van der Waals surface area contributed by atoms with Crippen molar-refractivity contribution in [1.29, 1.82) is 5.26 Å². The molecular formula is C10H17NO2. The average Bonchev–Trinajstić information content (AvgIpc) is 1.97. The first-order valence-electron chi connectivity index (χ1n) is 4.74. The third kappa shape index (κ3) is 3.33. The van der Waals surface area contributed by atoms with E-state index in [0.29, 0.717) is 12.8 Å². The van der Waals surface area contributed by atoms with E-state index >= 15 is 0 Å². The van der Waals surface area contributed by atoms with E-state index in [2.05, 4.69) is 19.9 Å². The molecule has 3 nitrogen and oxygen atoms in total. The van der Waals surface area contributed by atoms with Crippen LogP contribution in [0.4, 0.5) is 0 Å². The third-order valence-corrected chi connectivity index (χ3v) is 2.11. The van der Waals surface area contributed by atoms with Crippen LogP contribution in [0, 0.1) is 11.3 Å². The normalized spacial score (nSPS) is 32.5. The average molecular weight is 183 g/mol. The number of nitriles is 1. The van der Waals surface area contributed by atoms with Gasteiger partial charge in [-0.25, -0.2) is 0 Å². The summed E-state index contributed by atoms with van der Waals surface area (Å²) in [6.45, 7) is 6.17. The zero-order valence-electron chi connectivity index (χ0n) is 8.54. The van der Waals surface area contributed by atoms with Crippen molar-refractivity contribution in [3.63, 3.8) is 0 Å². The lowest BCUT2D eigenvalue weighted by Gasteiger charge is -2.39. The second kappa shape index (κ2) is 4.08. The topological polar surface area (TPSA) is 42.2 Å². The summed E-state index contributed by atoms with van der Waals surface area (Å²) in [4.78, 5) is 0. The fourth-order valence-corrected chi connectivity index (χ4v) is 1.74. The fraction of sp³-hybridized carbons (Fsp3) is 0.900. The third-order valence-electron chi connectivity index (χ3n) is 2.11. The van der Waals surface area contributed by atoms with Gasteiger partial charge < -0.3 is 9.47 Å². The van der Waals surface area contributed by atoms with E-state index in [9.17, 15) is 0 Å². The second-order valence-electron chi connectivity index (χ2n) is 4.15.